The van der Waals surface area contributed by atoms with Gasteiger partial charge in [0, 0.05) is 12.6 Å². The SMILES string of the molecule is Cc1cccc(C)c1COc1cccc(CNC2CC2)c1. The molecule has 1 aliphatic carbocycles. The third-order valence-electron chi connectivity index (χ3n) is 4.10. The quantitative estimate of drug-likeness (QED) is 0.859. The highest BCUT2D eigenvalue weighted by molar-refractivity contribution is 5.34. The zero-order valence-corrected chi connectivity index (χ0v) is 12.9. The summed E-state index contributed by atoms with van der Waals surface area (Å²) in [4.78, 5) is 0. The largest absolute Gasteiger partial charge is 0.489 e. The lowest BCUT2D eigenvalue weighted by Crippen LogP contribution is -2.15. The van der Waals surface area contributed by atoms with E-state index in [-0.39, 0.29) is 0 Å². The average Bonchev–Trinajstić information content (AvgIpc) is 3.29. The van der Waals surface area contributed by atoms with Crippen molar-refractivity contribution < 1.29 is 4.74 Å². The van der Waals surface area contributed by atoms with Gasteiger partial charge in [0.15, 0.2) is 0 Å². The zero-order chi connectivity index (χ0) is 14.7. The third-order valence-corrected chi connectivity index (χ3v) is 4.10. The van der Waals surface area contributed by atoms with Gasteiger partial charge in [-0.1, -0.05) is 30.3 Å². The first-order valence-electron chi connectivity index (χ1n) is 7.72. The van der Waals surface area contributed by atoms with E-state index < -0.39 is 0 Å². The normalized spacial score (nSPS) is 14.2. The number of nitrogens with one attached hydrogen (secondary N) is 1. The molecule has 21 heavy (non-hydrogen) atoms. The van der Waals surface area contributed by atoms with Crippen LogP contribution in [0, 0.1) is 13.8 Å². The fraction of sp³-hybridized carbons (Fsp3) is 0.368. The van der Waals surface area contributed by atoms with Gasteiger partial charge in [-0.25, -0.2) is 0 Å². The van der Waals surface area contributed by atoms with Gasteiger partial charge in [-0.2, -0.15) is 0 Å². The molecule has 0 aliphatic heterocycles. The van der Waals surface area contributed by atoms with E-state index in [1.165, 1.54) is 35.1 Å². The summed E-state index contributed by atoms with van der Waals surface area (Å²) < 4.78 is 5.99. The molecule has 1 fully saturated rings. The van der Waals surface area contributed by atoms with Crippen molar-refractivity contribution >= 4 is 0 Å². The minimum absolute atomic E-state index is 0.637. The molecule has 0 unspecified atom stereocenters. The highest BCUT2D eigenvalue weighted by Gasteiger charge is 2.19. The summed E-state index contributed by atoms with van der Waals surface area (Å²) in [7, 11) is 0. The molecule has 1 aliphatic rings. The van der Waals surface area contributed by atoms with Crippen molar-refractivity contribution in [1.29, 1.82) is 0 Å². The molecule has 0 spiro atoms. The van der Waals surface area contributed by atoms with Gasteiger partial charge in [0.1, 0.15) is 12.4 Å². The molecular weight excluding hydrogens is 258 g/mol. The van der Waals surface area contributed by atoms with Crippen molar-refractivity contribution in [2.75, 3.05) is 0 Å². The van der Waals surface area contributed by atoms with E-state index in [4.69, 9.17) is 4.74 Å². The molecule has 0 aromatic heterocycles. The van der Waals surface area contributed by atoms with Crippen LogP contribution >= 0.6 is 0 Å². The van der Waals surface area contributed by atoms with Gasteiger partial charge in [-0.15, -0.1) is 0 Å². The Morgan fingerprint density at radius 2 is 1.76 bits per heavy atom. The predicted molar refractivity (Wildman–Crippen MR) is 86.6 cm³/mol. The number of ether oxygens (including phenoxy) is 1. The minimum Gasteiger partial charge on any atom is -0.489 e. The third kappa shape index (κ3) is 3.85. The first kappa shape index (κ1) is 14.2. The maximum atomic E-state index is 5.99. The Balaban J connectivity index is 1.63. The second kappa shape index (κ2) is 6.31. The van der Waals surface area contributed by atoms with Crippen molar-refractivity contribution in [2.45, 2.75) is 45.9 Å². The molecule has 2 nitrogen and oxygen atoms in total. The molecule has 2 aromatic rings. The molecule has 0 saturated heterocycles. The highest BCUT2D eigenvalue weighted by Crippen LogP contribution is 2.21. The van der Waals surface area contributed by atoms with Gasteiger partial charge in [0.25, 0.3) is 0 Å². The van der Waals surface area contributed by atoms with E-state index in [0.29, 0.717) is 6.61 Å². The van der Waals surface area contributed by atoms with Gasteiger partial charge in [-0.3, -0.25) is 0 Å². The smallest absolute Gasteiger partial charge is 0.120 e. The monoisotopic (exact) mass is 281 g/mol. The lowest BCUT2D eigenvalue weighted by molar-refractivity contribution is 0.304. The van der Waals surface area contributed by atoms with Crippen LogP contribution < -0.4 is 10.1 Å². The summed E-state index contributed by atoms with van der Waals surface area (Å²) in [5.41, 5.74) is 5.17. The van der Waals surface area contributed by atoms with Crippen LogP contribution in [0.3, 0.4) is 0 Å². The van der Waals surface area contributed by atoms with E-state index in [9.17, 15) is 0 Å². The summed E-state index contributed by atoms with van der Waals surface area (Å²) in [6, 6.07) is 15.5. The van der Waals surface area contributed by atoms with Gasteiger partial charge < -0.3 is 10.1 Å². The average molecular weight is 281 g/mol. The van der Waals surface area contributed by atoms with E-state index in [1.54, 1.807) is 0 Å². The van der Waals surface area contributed by atoms with Crippen LogP contribution in [0.1, 0.15) is 35.1 Å². The van der Waals surface area contributed by atoms with E-state index in [2.05, 4.69) is 55.6 Å². The second-order valence-corrected chi connectivity index (χ2v) is 5.96. The molecule has 0 atom stereocenters. The number of rotatable bonds is 6. The topological polar surface area (TPSA) is 21.3 Å². The Labute approximate surface area is 127 Å². The first-order valence-corrected chi connectivity index (χ1v) is 7.72. The summed E-state index contributed by atoms with van der Waals surface area (Å²) in [6.45, 7) is 5.85. The minimum atomic E-state index is 0.637. The van der Waals surface area contributed by atoms with Crippen molar-refractivity contribution in [3.8, 4) is 5.75 Å². The maximum Gasteiger partial charge on any atom is 0.120 e. The molecular formula is C19H23NO. The number of aryl methyl sites for hydroxylation is 2. The van der Waals surface area contributed by atoms with E-state index >= 15 is 0 Å². The number of benzene rings is 2. The molecule has 110 valence electrons. The van der Waals surface area contributed by atoms with Crippen molar-refractivity contribution in [3.63, 3.8) is 0 Å². The first-order chi connectivity index (χ1) is 10.2. The number of hydrogen-bond donors (Lipinski definition) is 1. The van der Waals surface area contributed by atoms with Crippen molar-refractivity contribution in [1.82, 2.24) is 5.32 Å². The number of hydrogen-bond acceptors (Lipinski definition) is 2. The van der Waals surface area contributed by atoms with Crippen LogP contribution in [-0.2, 0) is 13.2 Å². The van der Waals surface area contributed by atoms with Crippen LogP contribution in [0.2, 0.25) is 0 Å². The van der Waals surface area contributed by atoms with Gasteiger partial charge in [-0.05, 0) is 61.1 Å². The Morgan fingerprint density at radius 1 is 1.05 bits per heavy atom. The van der Waals surface area contributed by atoms with Crippen LogP contribution in [0.4, 0.5) is 0 Å². The molecule has 0 radical (unpaired) electrons. The van der Waals surface area contributed by atoms with Gasteiger partial charge in [0.2, 0.25) is 0 Å². The Hall–Kier alpha value is -1.80. The van der Waals surface area contributed by atoms with E-state index in [0.717, 1.165) is 18.3 Å². The van der Waals surface area contributed by atoms with E-state index in [1.807, 2.05) is 6.07 Å². The lowest BCUT2D eigenvalue weighted by atomic mass is 10.0. The lowest BCUT2D eigenvalue weighted by Gasteiger charge is -2.12. The molecule has 0 amide bonds. The molecule has 2 heteroatoms. The van der Waals surface area contributed by atoms with Crippen molar-refractivity contribution in [3.05, 3.63) is 64.7 Å². The Kier molecular flexibility index (Phi) is 4.26. The highest BCUT2D eigenvalue weighted by atomic mass is 16.5. The maximum absolute atomic E-state index is 5.99. The van der Waals surface area contributed by atoms with Crippen LogP contribution in [0.5, 0.6) is 5.75 Å². The molecule has 3 rings (SSSR count). The second-order valence-electron chi connectivity index (χ2n) is 5.96. The van der Waals surface area contributed by atoms with Gasteiger partial charge in [0.05, 0.1) is 0 Å². The molecule has 0 heterocycles. The molecule has 1 N–H and O–H groups in total. The van der Waals surface area contributed by atoms with Crippen LogP contribution in [0.25, 0.3) is 0 Å². The summed E-state index contributed by atoms with van der Waals surface area (Å²) in [6.07, 6.45) is 2.64. The standard InChI is InChI=1S/C19H23NO/c1-14-5-3-6-15(2)19(14)13-21-18-8-4-7-16(11-18)12-20-17-9-10-17/h3-8,11,17,20H,9-10,12-13H2,1-2H3. The Bertz CT molecular complexity index is 596. The molecule has 0 bridgehead atoms. The van der Waals surface area contributed by atoms with Crippen molar-refractivity contribution in [2.24, 2.45) is 0 Å². The fourth-order valence-corrected chi connectivity index (χ4v) is 2.53. The molecule has 1 saturated carbocycles. The summed E-state index contributed by atoms with van der Waals surface area (Å²) >= 11 is 0. The molecule has 2 aromatic carbocycles. The predicted octanol–water partition coefficient (Wildman–Crippen LogP) is 4.13. The Morgan fingerprint density at radius 3 is 2.48 bits per heavy atom. The summed E-state index contributed by atoms with van der Waals surface area (Å²) in [5.74, 6) is 0.952. The van der Waals surface area contributed by atoms with Gasteiger partial charge >= 0.3 is 0 Å². The van der Waals surface area contributed by atoms with Crippen LogP contribution in [0.15, 0.2) is 42.5 Å². The van der Waals surface area contributed by atoms with Crippen LogP contribution in [-0.4, -0.2) is 6.04 Å². The fourth-order valence-electron chi connectivity index (χ4n) is 2.53. The zero-order valence-electron chi connectivity index (χ0n) is 12.9. The summed E-state index contributed by atoms with van der Waals surface area (Å²) in [5, 5.41) is 3.54.